The van der Waals surface area contributed by atoms with Gasteiger partial charge in [0.15, 0.2) is 0 Å². The number of carbonyl (C=O) groups excluding carboxylic acids is 1. The zero-order chi connectivity index (χ0) is 13.7. The van der Waals surface area contributed by atoms with E-state index in [9.17, 15) is 4.79 Å². The van der Waals surface area contributed by atoms with Crippen LogP contribution in [0.1, 0.15) is 6.92 Å². The van der Waals surface area contributed by atoms with E-state index in [0.717, 1.165) is 0 Å². The van der Waals surface area contributed by atoms with Crippen LogP contribution in [0.15, 0.2) is 12.1 Å². The van der Waals surface area contributed by atoms with Crippen molar-refractivity contribution in [3.05, 3.63) is 17.2 Å². The number of esters is 1. The lowest BCUT2D eigenvalue weighted by Gasteiger charge is -2.17. The maximum atomic E-state index is 11.3. The van der Waals surface area contributed by atoms with Crippen LogP contribution in [0.4, 0.5) is 5.69 Å². The van der Waals surface area contributed by atoms with Crippen LogP contribution in [-0.2, 0) is 9.53 Å². The molecule has 0 saturated heterocycles. The van der Waals surface area contributed by atoms with Gasteiger partial charge in [0.2, 0.25) is 0 Å². The van der Waals surface area contributed by atoms with Crippen molar-refractivity contribution in [3.8, 4) is 11.5 Å². The number of hydrogen-bond donors (Lipinski definition) is 1. The largest absolute Gasteiger partial charge is 0.495 e. The van der Waals surface area contributed by atoms with E-state index in [0.29, 0.717) is 22.2 Å². The normalized spacial score (nSPS) is 11.6. The van der Waals surface area contributed by atoms with Crippen LogP contribution < -0.4 is 14.8 Å². The highest BCUT2D eigenvalue weighted by atomic mass is 35.5. The summed E-state index contributed by atoms with van der Waals surface area (Å²) in [4.78, 5) is 11.3. The summed E-state index contributed by atoms with van der Waals surface area (Å²) < 4.78 is 14.9. The van der Waals surface area contributed by atoms with Gasteiger partial charge in [0, 0.05) is 6.07 Å². The number of benzene rings is 1. The summed E-state index contributed by atoms with van der Waals surface area (Å²) in [5.74, 6) is 0.667. The molecular formula is C12H16ClNO4. The van der Waals surface area contributed by atoms with Gasteiger partial charge in [0.05, 0.1) is 32.0 Å². The molecule has 0 fully saturated rings. The molecule has 0 aromatic heterocycles. The molecule has 1 aromatic carbocycles. The highest BCUT2D eigenvalue weighted by Crippen LogP contribution is 2.36. The molecule has 0 amide bonds. The smallest absolute Gasteiger partial charge is 0.327 e. The molecule has 1 atom stereocenters. The van der Waals surface area contributed by atoms with Crippen LogP contribution in [0, 0.1) is 0 Å². The average molecular weight is 274 g/mol. The number of hydrogen-bond acceptors (Lipinski definition) is 5. The third-order valence-corrected chi connectivity index (χ3v) is 2.70. The summed E-state index contributed by atoms with van der Waals surface area (Å²) >= 11 is 6.02. The first-order chi connectivity index (χ1) is 8.53. The summed E-state index contributed by atoms with van der Waals surface area (Å²) in [5, 5.41) is 3.39. The Morgan fingerprint density at radius 1 is 1.22 bits per heavy atom. The molecule has 0 heterocycles. The Morgan fingerprint density at radius 3 is 2.33 bits per heavy atom. The van der Waals surface area contributed by atoms with E-state index in [1.165, 1.54) is 21.3 Å². The van der Waals surface area contributed by atoms with Crippen LogP contribution in [0.25, 0.3) is 0 Å². The Labute approximate surface area is 111 Å². The number of carbonyl (C=O) groups is 1. The minimum atomic E-state index is -0.506. The second-order valence-corrected chi connectivity index (χ2v) is 3.98. The monoisotopic (exact) mass is 273 g/mol. The number of rotatable bonds is 5. The van der Waals surface area contributed by atoms with Gasteiger partial charge in [0.25, 0.3) is 0 Å². The average Bonchev–Trinajstić information content (AvgIpc) is 2.38. The molecule has 0 radical (unpaired) electrons. The molecule has 0 unspecified atom stereocenters. The van der Waals surface area contributed by atoms with Crippen molar-refractivity contribution in [1.29, 1.82) is 0 Å². The number of ether oxygens (including phenoxy) is 3. The third kappa shape index (κ3) is 3.20. The quantitative estimate of drug-likeness (QED) is 0.835. The standard InChI is InChI=1S/C12H16ClNO4/c1-7(12(15)18-4)14-9-5-8(13)10(16-2)6-11(9)17-3/h5-7,14H,1-4H3/t7-/m0/s1. The van der Waals surface area contributed by atoms with E-state index in [-0.39, 0.29) is 5.97 Å². The fourth-order valence-corrected chi connectivity index (χ4v) is 1.68. The van der Waals surface area contributed by atoms with Gasteiger partial charge in [0.1, 0.15) is 17.5 Å². The van der Waals surface area contributed by atoms with Crippen LogP contribution in [0.2, 0.25) is 5.02 Å². The number of anilines is 1. The first-order valence-electron chi connectivity index (χ1n) is 5.29. The van der Waals surface area contributed by atoms with Gasteiger partial charge in [-0.25, -0.2) is 4.79 Å². The lowest BCUT2D eigenvalue weighted by Crippen LogP contribution is -2.27. The van der Waals surface area contributed by atoms with Gasteiger partial charge < -0.3 is 19.5 Å². The second kappa shape index (κ2) is 6.35. The summed E-state index contributed by atoms with van der Waals surface area (Å²) in [5.41, 5.74) is 0.598. The van der Waals surface area contributed by atoms with Crippen LogP contribution >= 0.6 is 11.6 Å². The van der Waals surface area contributed by atoms with Crippen molar-refractivity contribution in [1.82, 2.24) is 0 Å². The fourth-order valence-electron chi connectivity index (χ4n) is 1.44. The molecule has 0 aliphatic rings. The van der Waals surface area contributed by atoms with Gasteiger partial charge in [-0.15, -0.1) is 0 Å². The van der Waals surface area contributed by atoms with Crippen molar-refractivity contribution in [2.75, 3.05) is 26.6 Å². The zero-order valence-corrected chi connectivity index (χ0v) is 11.5. The summed E-state index contributed by atoms with van der Waals surface area (Å²) in [6, 6.07) is 2.78. The maximum absolute atomic E-state index is 11.3. The van der Waals surface area contributed by atoms with E-state index >= 15 is 0 Å². The third-order valence-electron chi connectivity index (χ3n) is 2.40. The van der Waals surface area contributed by atoms with Crippen LogP contribution in [0.5, 0.6) is 11.5 Å². The van der Waals surface area contributed by atoms with Gasteiger partial charge in [-0.05, 0) is 13.0 Å². The summed E-state index contributed by atoms with van der Waals surface area (Å²) in [7, 11) is 4.38. The van der Waals surface area contributed by atoms with Crippen LogP contribution in [0.3, 0.4) is 0 Å². The van der Waals surface area contributed by atoms with Crippen molar-refractivity contribution in [2.24, 2.45) is 0 Å². The van der Waals surface area contributed by atoms with E-state index < -0.39 is 6.04 Å². The predicted molar refractivity (Wildman–Crippen MR) is 69.7 cm³/mol. The first kappa shape index (κ1) is 14.4. The van der Waals surface area contributed by atoms with Crippen molar-refractivity contribution >= 4 is 23.3 Å². The molecule has 0 aliphatic carbocycles. The molecule has 18 heavy (non-hydrogen) atoms. The van der Waals surface area contributed by atoms with Gasteiger partial charge in [-0.3, -0.25) is 0 Å². The molecule has 6 heteroatoms. The SMILES string of the molecule is COC(=O)[C@H](C)Nc1cc(Cl)c(OC)cc1OC. The molecule has 0 aliphatic heterocycles. The topological polar surface area (TPSA) is 56.8 Å². The molecule has 0 saturated carbocycles. The Balaban J connectivity index is 3.01. The molecule has 0 spiro atoms. The van der Waals surface area contributed by atoms with E-state index in [2.05, 4.69) is 10.1 Å². The molecule has 5 nitrogen and oxygen atoms in total. The highest BCUT2D eigenvalue weighted by Gasteiger charge is 2.16. The predicted octanol–water partition coefficient (Wildman–Crippen LogP) is 2.33. The first-order valence-corrected chi connectivity index (χ1v) is 5.67. The Bertz CT molecular complexity index is 436. The number of methoxy groups -OCH3 is 3. The molecular weight excluding hydrogens is 258 g/mol. The zero-order valence-electron chi connectivity index (χ0n) is 10.7. The fraction of sp³-hybridized carbons (Fsp3) is 0.417. The highest BCUT2D eigenvalue weighted by molar-refractivity contribution is 6.32. The maximum Gasteiger partial charge on any atom is 0.327 e. The number of nitrogens with one attached hydrogen (secondary N) is 1. The van der Waals surface area contributed by atoms with Gasteiger partial charge >= 0.3 is 5.97 Å². The Morgan fingerprint density at radius 2 is 1.83 bits per heavy atom. The Kier molecular flexibility index (Phi) is 5.09. The summed E-state index contributed by atoms with van der Waals surface area (Å²) in [6.07, 6.45) is 0. The van der Waals surface area contributed by atoms with Crippen molar-refractivity contribution < 1.29 is 19.0 Å². The lowest BCUT2D eigenvalue weighted by molar-refractivity contribution is -0.141. The van der Waals surface area contributed by atoms with E-state index in [1.807, 2.05) is 0 Å². The van der Waals surface area contributed by atoms with Gasteiger partial charge in [-0.2, -0.15) is 0 Å². The molecule has 1 rings (SSSR count). The minimum absolute atomic E-state index is 0.371. The minimum Gasteiger partial charge on any atom is -0.495 e. The van der Waals surface area contributed by atoms with E-state index in [1.54, 1.807) is 19.1 Å². The molecule has 1 aromatic rings. The lowest BCUT2D eigenvalue weighted by atomic mass is 10.2. The van der Waals surface area contributed by atoms with Crippen LogP contribution in [-0.4, -0.2) is 33.3 Å². The summed E-state index contributed by atoms with van der Waals surface area (Å²) in [6.45, 7) is 1.68. The number of halogens is 1. The Hall–Kier alpha value is -1.62. The molecule has 1 N–H and O–H groups in total. The second-order valence-electron chi connectivity index (χ2n) is 3.58. The molecule has 0 bridgehead atoms. The van der Waals surface area contributed by atoms with E-state index in [4.69, 9.17) is 21.1 Å². The van der Waals surface area contributed by atoms with Crippen molar-refractivity contribution in [3.63, 3.8) is 0 Å². The van der Waals surface area contributed by atoms with Gasteiger partial charge in [-0.1, -0.05) is 11.6 Å². The van der Waals surface area contributed by atoms with Crippen molar-refractivity contribution in [2.45, 2.75) is 13.0 Å². The molecule has 100 valence electrons.